The summed E-state index contributed by atoms with van der Waals surface area (Å²) in [7, 11) is 3.13. The Kier molecular flexibility index (Phi) is 9.45. The molecule has 0 aliphatic carbocycles. The first-order valence-electron chi connectivity index (χ1n) is 9.44. The van der Waals surface area contributed by atoms with E-state index in [4.69, 9.17) is 42.4 Å². The largest absolute Gasteiger partial charge is 0.497 e. The lowest BCUT2D eigenvalue weighted by atomic mass is 10.1. The molecule has 0 radical (unpaired) electrons. The van der Waals surface area contributed by atoms with Crippen LogP contribution >= 0.6 is 11.6 Å². The van der Waals surface area contributed by atoms with E-state index in [0.717, 1.165) is 5.56 Å². The fraction of sp³-hybridized carbons (Fsp3) is 0.273. The summed E-state index contributed by atoms with van der Waals surface area (Å²) in [5.41, 5.74) is 14.2. The average Bonchev–Trinajstić information content (AvgIpc) is 2.77. The fourth-order valence-corrected chi connectivity index (χ4v) is 2.89. The predicted octanol–water partition coefficient (Wildman–Crippen LogP) is 2.76. The van der Waals surface area contributed by atoms with Gasteiger partial charge in [0.15, 0.2) is 0 Å². The molecule has 0 amide bonds. The number of nitrogens with two attached hydrogens (primary N) is 2. The van der Waals surface area contributed by atoms with E-state index < -0.39 is 5.82 Å². The zero-order valence-corrected chi connectivity index (χ0v) is 18.2. The molecule has 0 aromatic heterocycles. The maximum atomic E-state index is 14.2. The third-order valence-corrected chi connectivity index (χ3v) is 4.58. The van der Waals surface area contributed by atoms with Gasteiger partial charge in [-0.1, -0.05) is 11.6 Å². The number of ether oxygens (including phenoxy) is 3. The number of hydrogen-bond acceptors (Lipinski definition) is 7. The van der Waals surface area contributed by atoms with E-state index in [1.165, 1.54) is 24.3 Å². The molecule has 0 bridgehead atoms. The molecule has 2 aromatic carbocycles. The van der Waals surface area contributed by atoms with Gasteiger partial charge in [0, 0.05) is 34.5 Å². The van der Waals surface area contributed by atoms with E-state index in [1.54, 1.807) is 20.3 Å². The van der Waals surface area contributed by atoms with Crippen LogP contribution in [0.15, 0.2) is 53.9 Å². The molecule has 9 heteroatoms. The Bertz CT molecular complexity index is 950. The van der Waals surface area contributed by atoms with Crippen LogP contribution in [-0.2, 0) is 11.3 Å². The second-order valence-electron chi connectivity index (χ2n) is 6.47. The summed E-state index contributed by atoms with van der Waals surface area (Å²) < 4.78 is 30.1. The molecule has 168 valence electrons. The Morgan fingerprint density at radius 1 is 1.16 bits per heavy atom. The van der Waals surface area contributed by atoms with Gasteiger partial charge in [-0.3, -0.25) is 0 Å². The van der Waals surface area contributed by atoms with Crippen molar-refractivity contribution >= 4 is 17.3 Å². The SMILES string of the molecule is COc1ccc(CNC(/C=C(\N)c2cc(Cl)ccc2F)=C(/N)COCCO)c(OC)c1. The first-order valence-corrected chi connectivity index (χ1v) is 9.82. The fourth-order valence-electron chi connectivity index (χ4n) is 2.72. The normalized spacial score (nSPS) is 12.4. The van der Waals surface area contributed by atoms with Gasteiger partial charge in [-0.25, -0.2) is 4.39 Å². The Balaban J connectivity index is 2.33. The molecule has 7 nitrogen and oxygen atoms in total. The zero-order valence-electron chi connectivity index (χ0n) is 17.5. The lowest BCUT2D eigenvalue weighted by molar-refractivity contribution is 0.107. The molecule has 0 saturated carbocycles. The zero-order chi connectivity index (χ0) is 22.8. The van der Waals surface area contributed by atoms with Gasteiger partial charge < -0.3 is 36.1 Å². The van der Waals surface area contributed by atoms with Crippen LogP contribution in [0.1, 0.15) is 11.1 Å². The van der Waals surface area contributed by atoms with Crippen molar-refractivity contribution in [3.8, 4) is 11.5 Å². The lowest BCUT2D eigenvalue weighted by Crippen LogP contribution is -2.21. The van der Waals surface area contributed by atoms with Crippen LogP contribution in [-0.4, -0.2) is 39.1 Å². The van der Waals surface area contributed by atoms with Crippen molar-refractivity contribution in [3.05, 3.63) is 75.8 Å². The summed E-state index contributed by atoms with van der Waals surface area (Å²) in [4.78, 5) is 0. The Labute approximate surface area is 186 Å². The monoisotopic (exact) mass is 451 g/mol. The highest BCUT2D eigenvalue weighted by atomic mass is 35.5. The predicted molar refractivity (Wildman–Crippen MR) is 119 cm³/mol. The average molecular weight is 452 g/mol. The molecule has 0 aliphatic rings. The van der Waals surface area contributed by atoms with Crippen molar-refractivity contribution in [2.75, 3.05) is 34.0 Å². The first kappa shape index (κ1) is 24.3. The van der Waals surface area contributed by atoms with E-state index in [9.17, 15) is 4.39 Å². The van der Waals surface area contributed by atoms with Crippen molar-refractivity contribution < 1.29 is 23.7 Å². The molecular formula is C22H27ClFN3O4. The van der Waals surface area contributed by atoms with Crippen LogP contribution in [0.25, 0.3) is 5.70 Å². The summed E-state index contributed by atoms with van der Waals surface area (Å²) in [6, 6.07) is 9.54. The van der Waals surface area contributed by atoms with Crippen LogP contribution in [0.2, 0.25) is 5.02 Å². The smallest absolute Gasteiger partial charge is 0.132 e. The van der Waals surface area contributed by atoms with E-state index in [0.29, 0.717) is 34.5 Å². The molecule has 0 aliphatic heterocycles. The van der Waals surface area contributed by atoms with Crippen molar-refractivity contribution in [1.29, 1.82) is 0 Å². The quantitative estimate of drug-likeness (QED) is 0.307. The number of aliphatic hydroxyl groups excluding tert-OH is 1. The van der Waals surface area contributed by atoms with E-state index >= 15 is 0 Å². The number of methoxy groups -OCH3 is 2. The minimum absolute atomic E-state index is 0.0461. The number of nitrogens with one attached hydrogen (secondary N) is 1. The van der Waals surface area contributed by atoms with Crippen molar-refractivity contribution in [2.24, 2.45) is 11.5 Å². The molecule has 0 fully saturated rings. The van der Waals surface area contributed by atoms with Crippen LogP contribution < -0.4 is 26.3 Å². The number of allylic oxidation sites excluding steroid dienone is 1. The number of halogens is 2. The Morgan fingerprint density at radius 3 is 2.61 bits per heavy atom. The minimum Gasteiger partial charge on any atom is -0.497 e. The molecular weight excluding hydrogens is 425 g/mol. The third-order valence-electron chi connectivity index (χ3n) is 4.34. The van der Waals surface area contributed by atoms with Gasteiger partial charge >= 0.3 is 0 Å². The summed E-state index contributed by atoms with van der Waals surface area (Å²) in [6.45, 7) is 0.378. The summed E-state index contributed by atoms with van der Waals surface area (Å²) in [6.07, 6.45) is 1.52. The molecule has 0 saturated heterocycles. The van der Waals surface area contributed by atoms with Gasteiger partial charge in [0.1, 0.15) is 17.3 Å². The maximum Gasteiger partial charge on any atom is 0.132 e. The number of hydrogen-bond donors (Lipinski definition) is 4. The van der Waals surface area contributed by atoms with Crippen molar-refractivity contribution in [1.82, 2.24) is 5.32 Å². The van der Waals surface area contributed by atoms with Crippen LogP contribution in [0.4, 0.5) is 4.39 Å². The van der Waals surface area contributed by atoms with Crippen molar-refractivity contribution in [2.45, 2.75) is 6.54 Å². The molecule has 2 aromatic rings. The highest BCUT2D eigenvalue weighted by Crippen LogP contribution is 2.25. The molecule has 0 heterocycles. The van der Waals surface area contributed by atoms with Gasteiger partial charge in [-0.05, 0) is 36.4 Å². The molecule has 0 atom stereocenters. The van der Waals surface area contributed by atoms with E-state index in [-0.39, 0.29) is 31.1 Å². The molecule has 6 N–H and O–H groups in total. The lowest BCUT2D eigenvalue weighted by Gasteiger charge is -2.16. The number of aliphatic hydroxyl groups is 1. The third kappa shape index (κ3) is 7.06. The molecule has 0 unspecified atom stereocenters. The minimum atomic E-state index is -0.510. The second kappa shape index (κ2) is 12.0. The topological polar surface area (TPSA) is 112 Å². The van der Waals surface area contributed by atoms with E-state index in [2.05, 4.69) is 5.32 Å². The van der Waals surface area contributed by atoms with Gasteiger partial charge in [0.2, 0.25) is 0 Å². The Morgan fingerprint density at radius 2 is 1.94 bits per heavy atom. The van der Waals surface area contributed by atoms with Crippen molar-refractivity contribution in [3.63, 3.8) is 0 Å². The summed E-state index contributed by atoms with van der Waals surface area (Å²) in [5, 5.41) is 12.5. The Hall–Kier alpha value is -2.94. The van der Waals surface area contributed by atoms with E-state index in [1.807, 2.05) is 12.1 Å². The molecule has 31 heavy (non-hydrogen) atoms. The first-order chi connectivity index (χ1) is 14.9. The van der Waals surface area contributed by atoms with Gasteiger partial charge in [-0.15, -0.1) is 0 Å². The number of benzene rings is 2. The van der Waals surface area contributed by atoms with Gasteiger partial charge in [0.05, 0.1) is 45.4 Å². The van der Waals surface area contributed by atoms with Crippen LogP contribution in [0, 0.1) is 5.82 Å². The summed E-state index contributed by atoms with van der Waals surface area (Å²) in [5.74, 6) is 0.775. The highest BCUT2D eigenvalue weighted by molar-refractivity contribution is 6.30. The molecule has 0 spiro atoms. The van der Waals surface area contributed by atoms with Gasteiger partial charge in [0.25, 0.3) is 0 Å². The molecule has 2 rings (SSSR count). The van der Waals surface area contributed by atoms with Gasteiger partial charge in [-0.2, -0.15) is 0 Å². The standard InChI is InChI=1S/C22H27ClFN3O4/c1-29-16-5-3-14(22(10-16)30-2)12-27-21(20(26)13-31-8-7-28)11-19(25)17-9-15(23)4-6-18(17)24/h3-6,9-11,27-28H,7-8,12-13,25-26H2,1-2H3/b19-11-,21-20+. The highest BCUT2D eigenvalue weighted by Gasteiger charge is 2.11. The second-order valence-corrected chi connectivity index (χ2v) is 6.91. The van der Waals surface area contributed by atoms with Crippen LogP contribution in [0.3, 0.4) is 0 Å². The summed E-state index contributed by atoms with van der Waals surface area (Å²) >= 11 is 5.97. The van der Waals surface area contributed by atoms with Crippen LogP contribution in [0.5, 0.6) is 11.5 Å². The number of rotatable bonds is 11. The maximum absolute atomic E-state index is 14.2.